The highest BCUT2D eigenvalue weighted by Crippen LogP contribution is 2.24. The van der Waals surface area contributed by atoms with Crippen molar-refractivity contribution in [2.75, 3.05) is 0 Å². The highest BCUT2D eigenvalue weighted by Gasteiger charge is 2.22. The Morgan fingerprint density at radius 1 is 1.52 bits per heavy atom. The molecular weight excluding hydrogens is 332 g/mol. The molecule has 1 aromatic heterocycles. The van der Waals surface area contributed by atoms with Crippen molar-refractivity contribution < 1.29 is 8.42 Å². The van der Waals surface area contributed by atoms with Crippen LogP contribution in [0.5, 0.6) is 0 Å². The number of sulfonamides is 1. The monoisotopic (exact) mass is 344 g/mol. The molecule has 21 heavy (non-hydrogen) atoms. The van der Waals surface area contributed by atoms with E-state index >= 15 is 0 Å². The van der Waals surface area contributed by atoms with E-state index in [0.29, 0.717) is 11.4 Å². The maximum Gasteiger partial charge on any atom is 0.242 e. The predicted octanol–water partition coefficient (Wildman–Crippen LogP) is 1.74. The van der Waals surface area contributed by atoms with Gasteiger partial charge >= 0.3 is 0 Å². The highest BCUT2D eigenvalue weighted by atomic mass is 35.5. The van der Waals surface area contributed by atoms with Gasteiger partial charge in [0.1, 0.15) is 15.7 Å². The van der Waals surface area contributed by atoms with Crippen LogP contribution < -0.4 is 10.5 Å². The minimum absolute atomic E-state index is 0.0760. The summed E-state index contributed by atoms with van der Waals surface area (Å²) in [5, 5.41) is 0.0918. The summed E-state index contributed by atoms with van der Waals surface area (Å²) < 4.78 is 27.3. The number of halogens is 1. The molecule has 0 spiro atoms. The van der Waals surface area contributed by atoms with Gasteiger partial charge in [-0.25, -0.2) is 18.1 Å². The van der Waals surface area contributed by atoms with Crippen molar-refractivity contribution in [1.82, 2.24) is 14.7 Å². The third kappa shape index (κ3) is 3.59. The van der Waals surface area contributed by atoms with Crippen LogP contribution in [0.4, 0.5) is 0 Å². The third-order valence-corrected chi connectivity index (χ3v) is 5.02. The molecular formula is C12H13ClN4O2S2. The quantitative estimate of drug-likeness (QED) is 0.717. The number of nitrogens with zero attached hydrogens (tertiary/aromatic N) is 1. The van der Waals surface area contributed by atoms with Gasteiger partial charge < -0.3 is 10.7 Å². The second kappa shape index (κ2) is 6.10. The summed E-state index contributed by atoms with van der Waals surface area (Å²) in [5.74, 6) is 0.500. The van der Waals surface area contributed by atoms with E-state index in [-0.39, 0.29) is 14.9 Å². The molecule has 9 heteroatoms. The number of hydrogen-bond acceptors (Lipinski definition) is 4. The van der Waals surface area contributed by atoms with E-state index in [1.165, 1.54) is 12.1 Å². The average molecular weight is 345 g/mol. The number of thiocarbonyl (C=S) groups is 1. The maximum absolute atomic E-state index is 12.4. The Morgan fingerprint density at radius 2 is 2.24 bits per heavy atom. The first-order valence-electron chi connectivity index (χ1n) is 5.92. The van der Waals surface area contributed by atoms with Crippen molar-refractivity contribution in [1.29, 1.82) is 0 Å². The molecule has 0 amide bonds. The maximum atomic E-state index is 12.4. The molecule has 1 unspecified atom stereocenters. The van der Waals surface area contributed by atoms with Crippen LogP contribution in [0, 0.1) is 0 Å². The molecule has 0 aliphatic heterocycles. The molecule has 4 N–H and O–H groups in total. The van der Waals surface area contributed by atoms with Gasteiger partial charge in [0.15, 0.2) is 0 Å². The minimum Gasteiger partial charge on any atom is -0.389 e. The fraction of sp³-hybridized carbons (Fsp3) is 0.167. The van der Waals surface area contributed by atoms with Gasteiger partial charge in [0, 0.05) is 18.0 Å². The largest absolute Gasteiger partial charge is 0.389 e. The number of rotatable bonds is 5. The van der Waals surface area contributed by atoms with E-state index in [2.05, 4.69) is 14.7 Å². The number of hydrogen-bond donors (Lipinski definition) is 3. The molecule has 0 fully saturated rings. The van der Waals surface area contributed by atoms with Gasteiger partial charge in [0.25, 0.3) is 0 Å². The second-order valence-corrected chi connectivity index (χ2v) is 6.86. The van der Waals surface area contributed by atoms with Gasteiger partial charge in [-0.15, -0.1) is 0 Å². The predicted molar refractivity (Wildman–Crippen MR) is 84.7 cm³/mol. The molecule has 0 radical (unpaired) electrons. The van der Waals surface area contributed by atoms with E-state index in [4.69, 9.17) is 29.6 Å². The Labute approximate surface area is 132 Å². The van der Waals surface area contributed by atoms with Gasteiger partial charge in [-0.2, -0.15) is 0 Å². The zero-order valence-electron chi connectivity index (χ0n) is 11.0. The zero-order valence-corrected chi connectivity index (χ0v) is 13.4. The first-order valence-corrected chi connectivity index (χ1v) is 8.19. The van der Waals surface area contributed by atoms with Crippen molar-refractivity contribution in [2.45, 2.75) is 17.9 Å². The Bertz CT molecular complexity index is 760. The summed E-state index contributed by atoms with van der Waals surface area (Å²) in [6, 6.07) is 3.83. The molecule has 2 aromatic rings. The van der Waals surface area contributed by atoms with E-state index < -0.39 is 16.1 Å². The van der Waals surface area contributed by atoms with Gasteiger partial charge in [0.2, 0.25) is 10.0 Å². The molecule has 0 bridgehead atoms. The summed E-state index contributed by atoms with van der Waals surface area (Å²) >= 11 is 10.8. The Hall–Kier alpha value is -1.48. The molecule has 6 nitrogen and oxygen atoms in total. The van der Waals surface area contributed by atoms with Gasteiger partial charge in [0.05, 0.1) is 11.1 Å². The SMILES string of the molecule is CC(NS(=O)(=O)c1cc(C(N)=S)ccc1Cl)c1ncc[nH]1. The van der Waals surface area contributed by atoms with Crippen LogP contribution in [0.2, 0.25) is 5.02 Å². The van der Waals surface area contributed by atoms with E-state index in [1.54, 1.807) is 25.4 Å². The Morgan fingerprint density at radius 3 is 2.81 bits per heavy atom. The normalized spacial score (nSPS) is 13.0. The smallest absolute Gasteiger partial charge is 0.242 e. The van der Waals surface area contributed by atoms with Crippen molar-refractivity contribution in [3.05, 3.63) is 47.0 Å². The van der Waals surface area contributed by atoms with Crippen LogP contribution in [-0.2, 0) is 10.0 Å². The van der Waals surface area contributed by atoms with Crippen LogP contribution in [0.1, 0.15) is 24.4 Å². The number of nitrogens with one attached hydrogen (secondary N) is 2. The van der Waals surface area contributed by atoms with Crippen LogP contribution >= 0.6 is 23.8 Å². The lowest BCUT2D eigenvalue weighted by atomic mass is 10.2. The molecule has 0 aliphatic rings. The number of H-pyrrole nitrogens is 1. The number of aromatic nitrogens is 2. The first-order chi connectivity index (χ1) is 9.81. The first kappa shape index (κ1) is 15.9. The topological polar surface area (TPSA) is 101 Å². The Balaban J connectivity index is 2.35. The summed E-state index contributed by atoms with van der Waals surface area (Å²) in [6.45, 7) is 1.67. The number of imidazole rings is 1. The average Bonchev–Trinajstić information content (AvgIpc) is 2.92. The van der Waals surface area contributed by atoms with Crippen LogP contribution in [-0.4, -0.2) is 23.4 Å². The molecule has 1 atom stereocenters. The van der Waals surface area contributed by atoms with Crippen LogP contribution in [0.15, 0.2) is 35.5 Å². The van der Waals surface area contributed by atoms with Gasteiger partial charge in [-0.1, -0.05) is 29.9 Å². The van der Waals surface area contributed by atoms with Gasteiger partial charge in [-0.05, 0) is 19.1 Å². The van der Waals surface area contributed by atoms with Crippen molar-refractivity contribution in [3.8, 4) is 0 Å². The van der Waals surface area contributed by atoms with Crippen LogP contribution in [0.3, 0.4) is 0 Å². The van der Waals surface area contributed by atoms with E-state index in [0.717, 1.165) is 0 Å². The lowest BCUT2D eigenvalue weighted by Crippen LogP contribution is -2.28. The molecule has 0 aliphatic carbocycles. The lowest BCUT2D eigenvalue weighted by molar-refractivity contribution is 0.561. The van der Waals surface area contributed by atoms with E-state index in [1.807, 2.05) is 0 Å². The molecule has 112 valence electrons. The lowest BCUT2D eigenvalue weighted by Gasteiger charge is -2.14. The molecule has 0 saturated carbocycles. The summed E-state index contributed by atoms with van der Waals surface area (Å²) in [6.07, 6.45) is 3.15. The Kier molecular flexibility index (Phi) is 4.62. The fourth-order valence-corrected chi connectivity index (χ4v) is 3.59. The van der Waals surface area contributed by atoms with Crippen LogP contribution in [0.25, 0.3) is 0 Å². The van der Waals surface area contributed by atoms with Crippen molar-refractivity contribution >= 4 is 38.8 Å². The molecule has 0 saturated heterocycles. The van der Waals surface area contributed by atoms with Gasteiger partial charge in [-0.3, -0.25) is 0 Å². The summed E-state index contributed by atoms with van der Waals surface area (Å²) in [5.41, 5.74) is 5.94. The van der Waals surface area contributed by atoms with E-state index in [9.17, 15) is 8.42 Å². The summed E-state index contributed by atoms with van der Waals surface area (Å²) in [7, 11) is -3.83. The fourth-order valence-electron chi connectivity index (χ4n) is 1.73. The number of aromatic amines is 1. The zero-order chi connectivity index (χ0) is 15.6. The van der Waals surface area contributed by atoms with Crippen molar-refractivity contribution in [3.63, 3.8) is 0 Å². The highest BCUT2D eigenvalue weighted by molar-refractivity contribution is 7.89. The molecule has 1 aromatic carbocycles. The standard InChI is InChI=1S/C12H13ClN4O2S2/c1-7(12-15-4-5-16-12)17-21(18,19)10-6-8(11(14)20)2-3-9(10)13/h2-7,17H,1H3,(H2,14,20)(H,15,16). The molecule has 1 heterocycles. The molecule has 2 rings (SSSR count). The minimum atomic E-state index is -3.83. The second-order valence-electron chi connectivity index (χ2n) is 4.33. The summed E-state index contributed by atoms with van der Waals surface area (Å²) in [4.78, 5) is 6.87. The number of nitrogens with two attached hydrogens (primary N) is 1. The number of benzene rings is 1. The third-order valence-electron chi connectivity index (χ3n) is 2.77. The van der Waals surface area contributed by atoms with Crippen molar-refractivity contribution in [2.24, 2.45) is 5.73 Å².